The van der Waals surface area contributed by atoms with E-state index in [0.29, 0.717) is 0 Å². The third-order valence-corrected chi connectivity index (χ3v) is 5.93. The lowest BCUT2D eigenvalue weighted by molar-refractivity contribution is 0.234. The van der Waals surface area contributed by atoms with Crippen LogP contribution in [0.2, 0.25) is 11.6 Å². The van der Waals surface area contributed by atoms with Gasteiger partial charge in [-0.25, -0.2) is 0 Å². The Bertz CT molecular complexity index is 262. The van der Waals surface area contributed by atoms with Crippen molar-refractivity contribution in [3.05, 3.63) is 10.5 Å². The minimum absolute atomic E-state index is 0.747. The second-order valence-corrected chi connectivity index (χ2v) is 7.28. The average Bonchev–Trinajstić information content (AvgIpc) is 2.47. The van der Waals surface area contributed by atoms with E-state index in [4.69, 9.17) is 4.74 Å². The van der Waals surface area contributed by atoms with Gasteiger partial charge in [0, 0.05) is 7.11 Å². The molecule has 0 amide bonds. The van der Waals surface area contributed by atoms with Crippen LogP contribution < -0.4 is 0 Å². The van der Waals surface area contributed by atoms with Gasteiger partial charge in [0.2, 0.25) is 0 Å². The highest BCUT2D eigenvalue weighted by molar-refractivity contribution is 9.12. The number of methoxy groups -OCH3 is 1. The van der Waals surface area contributed by atoms with Gasteiger partial charge < -0.3 is 4.74 Å². The summed E-state index contributed by atoms with van der Waals surface area (Å²) in [6.07, 6.45) is 16.7. The monoisotopic (exact) mass is 326 g/mol. The van der Waals surface area contributed by atoms with Crippen molar-refractivity contribution in [2.24, 2.45) is 0 Å². The quantitative estimate of drug-likeness (QED) is 0.596. The van der Waals surface area contributed by atoms with Crippen LogP contribution in [0.25, 0.3) is 0 Å². The van der Waals surface area contributed by atoms with Crippen molar-refractivity contribution in [2.45, 2.75) is 75.8 Å². The van der Waals surface area contributed by atoms with Gasteiger partial charge in [-0.05, 0) is 4.38 Å². The van der Waals surface area contributed by atoms with Gasteiger partial charge >= 0.3 is 0 Å². The van der Waals surface area contributed by atoms with Crippen molar-refractivity contribution in [1.29, 1.82) is 0 Å². The summed E-state index contributed by atoms with van der Waals surface area (Å²) >= 11 is 3.90. The Morgan fingerprint density at radius 3 is 1.89 bits per heavy atom. The fourth-order valence-electron chi connectivity index (χ4n) is 4.12. The van der Waals surface area contributed by atoms with E-state index in [9.17, 15) is 0 Å². The highest BCUT2D eigenvalue weighted by atomic mass is 79.9. The standard InChI is InChI=1S/C16H28BBrO/c1-19-13-12-16(18)17(14-8-4-2-5-9-14)15-10-6-3-7-11-15/h12,14-15H,2-11,13H2,1H3/b16-12-. The van der Waals surface area contributed by atoms with Crippen LogP contribution in [0.15, 0.2) is 10.5 Å². The highest BCUT2D eigenvalue weighted by Crippen LogP contribution is 2.45. The van der Waals surface area contributed by atoms with Gasteiger partial charge in [-0.2, -0.15) is 0 Å². The Hall–Kier alpha value is 0.245. The molecule has 3 heteroatoms. The molecule has 0 atom stereocenters. The largest absolute Gasteiger partial charge is 0.381 e. The molecule has 1 nitrogen and oxygen atoms in total. The van der Waals surface area contributed by atoms with Crippen LogP contribution in [0.3, 0.4) is 0 Å². The maximum atomic E-state index is 5.23. The molecule has 2 saturated carbocycles. The molecule has 0 N–H and O–H groups in total. The number of rotatable bonds is 5. The molecule has 0 aromatic heterocycles. The third-order valence-electron chi connectivity index (χ3n) is 5.08. The molecule has 19 heavy (non-hydrogen) atoms. The molecule has 2 aliphatic rings. The predicted octanol–water partition coefficient (Wildman–Crippen LogP) is 5.61. The normalized spacial score (nSPS) is 23.6. The van der Waals surface area contributed by atoms with Gasteiger partial charge in [-0.1, -0.05) is 97.8 Å². The minimum Gasteiger partial charge on any atom is -0.381 e. The van der Waals surface area contributed by atoms with Gasteiger partial charge in [0.1, 0.15) is 0 Å². The molecule has 0 bridgehead atoms. The van der Waals surface area contributed by atoms with Crippen LogP contribution in [0.4, 0.5) is 0 Å². The van der Waals surface area contributed by atoms with Crippen LogP contribution in [0, 0.1) is 0 Å². The molecule has 0 saturated heterocycles. The molecule has 0 radical (unpaired) electrons. The Kier molecular flexibility index (Phi) is 7.00. The summed E-state index contributed by atoms with van der Waals surface area (Å²) in [6, 6.07) is 0. The first-order valence-electron chi connectivity index (χ1n) is 8.17. The van der Waals surface area contributed by atoms with E-state index in [1.807, 2.05) is 0 Å². The predicted molar refractivity (Wildman–Crippen MR) is 88.3 cm³/mol. The molecule has 2 rings (SSSR count). The van der Waals surface area contributed by atoms with Gasteiger partial charge in [-0.15, -0.1) is 0 Å². The molecular formula is C16H28BBrO. The van der Waals surface area contributed by atoms with Crippen molar-refractivity contribution in [1.82, 2.24) is 0 Å². The average molecular weight is 327 g/mol. The summed E-state index contributed by atoms with van der Waals surface area (Å²) in [5, 5.41) is 0. The summed E-state index contributed by atoms with van der Waals surface area (Å²) in [7, 11) is 1.78. The van der Waals surface area contributed by atoms with E-state index in [-0.39, 0.29) is 0 Å². The Labute approximate surface area is 127 Å². The third kappa shape index (κ3) is 4.63. The molecule has 2 fully saturated rings. The first-order chi connectivity index (χ1) is 9.33. The summed E-state index contributed by atoms with van der Waals surface area (Å²) in [4.78, 5) is 0. The van der Waals surface area contributed by atoms with E-state index in [1.165, 1.54) is 68.6 Å². The van der Waals surface area contributed by atoms with Crippen molar-refractivity contribution < 1.29 is 4.74 Å². The topological polar surface area (TPSA) is 9.23 Å². The van der Waals surface area contributed by atoms with Gasteiger partial charge in [0.25, 0.3) is 0 Å². The molecule has 0 aromatic carbocycles. The van der Waals surface area contributed by atoms with Crippen LogP contribution in [-0.4, -0.2) is 20.4 Å². The lowest BCUT2D eigenvalue weighted by Gasteiger charge is -2.35. The maximum absolute atomic E-state index is 5.23. The minimum atomic E-state index is 0.747. The highest BCUT2D eigenvalue weighted by Gasteiger charge is 2.36. The number of hydrogen-bond donors (Lipinski definition) is 0. The molecular weight excluding hydrogens is 299 g/mol. The summed E-state index contributed by atoms with van der Waals surface area (Å²) in [5.41, 5.74) is 0. The van der Waals surface area contributed by atoms with E-state index >= 15 is 0 Å². The van der Waals surface area contributed by atoms with Crippen molar-refractivity contribution in [2.75, 3.05) is 13.7 Å². The van der Waals surface area contributed by atoms with Crippen LogP contribution >= 0.6 is 15.9 Å². The smallest absolute Gasteiger partial charge is 0.191 e. The number of ether oxygens (including phenoxy) is 1. The molecule has 0 unspecified atom stereocenters. The second kappa shape index (κ2) is 8.51. The first-order valence-corrected chi connectivity index (χ1v) is 8.96. The van der Waals surface area contributed by atoms with Gasteiger partial charge in [0.05, 0.1) is 6.61 Å². The fraction of sp³-hybridized carbons (Fsp3) is 0.875. The number of hydrogen-bond acceptors (Lipinski definition) is 1. The zero-order valence-electron chi connectivity index (χ0n) is 12.4. The molecule has 108 valence electrons. The van der Waals surface area contributed by atoms with Crippen molar-refractivity contribution in [3.63, 3.8) is 0 Å². The van der Waals surface area contributed by atoms with E-state index in [2.05, 4.69) is 22.0 Å². The van der Waals surface area contributed by atoms with E-state index < -0.39 is 0 Å². The Morgan fingerprint density at radius 2 is 1.47 bits per heavy atom. The summed E-state index contributed by atoms with van der Waals surface area (Å²) in [5.74, 6) is 1.83. The molecule has 0 spiro atoms. The number of halogens is 1. The van der Waals surface area contributed by atoms with Gasteiger partial charge in [0.15, 0.2) is 6.71 Å². The molecule has 2 aliphatic carbocycles. The molecule has 0 aromatic rings. The van der Waals surface area contributed by atoms with Crippen LogP contribution in [0.1, 0.15) is 64.2 Å². The van der Waals surface area contributed by atoms with Crippen molar-refractivity contribution >= 4 is 22.6 Å². The van der Waals surface area contributed by atoms with Crippen LogP contribution in [0.5, 0.6) is 0 Å². The fourth-order valence-corrected chi connectivity index (χ4v) is 5.00. The SMILES string of the molecule is COC/C=C(\Br)B(C1CCCCC1)C1CCCCC1. The molecule has 0 aliphatic heterocycles. The molecule has 0 heterocycles. The lowest BCUT2D eigenvalue weighted by Crippen LogP contribution is -2.31. The maximum Gasteiger partial charge on any atom is 0.191 e. The zero-order valence-corrected chi connectivity index (χ0v) is 14.0. The van der Waals surface area contributed by atoms with Crippen LogP contribution in [-0.2, 0) is 4.74 Å². The summed E-state index contributed by atoms with van der Waals surface area (Å²) < 4.78 is 6.67. The lowest BCUT2D eigenvalue weighted by atomic mass is 9.30. The van der Waals surface area contributed by atoms with E-state index in [0.717, 1.165) is 25.0 Å². The Balaban J connectivity index is 2.06. The summed E-state index contributed by atoms with van der Waals surface area (Å²) in [6.45, 7) is 1.52. The van der Waals surface area contributed by atoms with Crippen molar-refractivity contribution in [3.8, 4) is 0 Å². The Morgan fingerprint density at radius 1 is 1.00 bits per heavy atom. The zero-order chi connectivity index (χ0) is 13.5. The second-order valence-electron chi connectivity index (χ2n) is 6.37. The van der Waals surface area contributed by atoms with Gasteiger partial charge in [-0.3, -0.25) is 0 Å². The van der Waals surface area contributed by atoms with E-state index in [1.54, 1.807) is 7.11 Å². The first kappa shape index (κ1) is 15.6.